The van der Waals surface area contributed by atoms with E-state index >= 15 is 0 Å². The van der Waals surface area contributed by atoms with Crippen LogP contribution in [0.15, 0.2) is 24.3 Å². The van der Waals surface area contributed by atoms with E-state index in [1.807, 2.05) is 0 Å². The second-order valence-corrected chi connectivity index (χ2v) is 3.20. The first-order valence-electron chi connectivity index (χ1n) is 3.87. The Kier molecular flexibility index (Phi) is 2.36. The summed E-state index contributed by atoms with van der Waals surface area (Å²) in [5.41, 5.74) is -0.656. The molecular weight excluding hydrogens is 155 g/mol. The largest absolute Gasteiger partial charge is 0.497 e. The van der Waals surface area contributed by atoms with Gasteiger partial charge in [-0.2, -0.15) is 0 Å². The molecule has 2 heteroatoms. The van der Waals surface area contributed by atoms with Gasteiger partial charge < -0.3 is 4.74 Å². The maximum absolute atomic E-state index is 13.4. The van der Waals surface area contributed by atoms with E-state index in [9.17, 15) is 4.39 Å². The minimum Gasteiger partial charge on any atom is -0.497 e. The van der Waals surface area contributed by atoms with Crippen molar-refractivity contribution < 1.29 is 9.13 Å². The molecular formula is C10H13FO. The van der Waals surface area contributed by atoms with E-state index in [0.29, 0.717) is 11.3 Å². The number of ether oxygens (including phenoxy) is 1. The van der Waals surface area contributed by atoms with E-state index in [1.54, 1.807) is 31.4 Å². The molecule has 1 aromatic rings. The van der Waals surface area contributed by atoms with Crippen molar-refractivity contribution in [3.8, 4) is 5.75 Å². The first kappa shape index (κ1) is 9.04. The molecule has 1 nitrogen and oxygen atoms in total. The Labute approximate surface area is 72.2 Å². The molecule has 0 heterocycles. The Bertz CT molecular complexity index is 263. The van der Waals surface area contributed by atoms with Crippen molar-refractivity contribution in [1.82, 2.24) is 0 Å². The van der Waals surface area contributed by atoms with Gasteiger partial charge in [-0.25, -0.2) is 4.39 Å². The molecule has 0 amide bonds. The summed E-state index contributed by atoms with van der Waals surface area (Å²) in [6.07, 6.45) is 0. The van der Waals surface area contributed by atoms with Gasteiger partial charge in [-0.15, -0.1) is 0 Å². The number of halogens is 1. The zero-order valence-electron chi connectivity index (χ0n) is 7.60. The van der Waals surface area contributed by atoms with E-state index in [0.717, 1.165) is 0 Å². The number of hydrogen-bond acceptors (Lipinski definition) is 1. The summed E-state index contributed by atoms with van der Waals surface area (Å²) in [6, 6.07) is 7.05. The Balaban J connectivity index is 3.02. The van der Waals surface area contributed by atoms with Crippen LogP contribution in [0.25, 0.3) is 0 Å². The fraction of sp³-hybridized carbons (Fsp3) is 0.400. The summed E-state index contributed by atoms with van der Waals surface area (Å²) in [6.45, 7) is 3.06. The van der Waals surface area contributed by atoms with Gasteiger partial charge in [-0.05, 0) is 31.5 Å². The van der Waals surface area contributed by atoms with Crippen molar-refractivity contribution in [3.63, 3.8) is 0 Å². The molecule has 0 aliphatic rings. The van der Waals surface area contributed by atoms with E-state index in [1.165, 1.54) is 13.8 Å². The second-order valence-electron chi connectivity index (χ2n) is 3.20. The first-order chi connectivity index (χ1) is 5.54. The van der Waals surface area contributed by atoms with Gasteiger partial charge in [0, 0.05) is 0 Å². The molecule has 0 spiro atoms. The predicted octanol–water partition coefficient (Wildman–Crippen LogP) is 2.90. The third-order valence-electron chi connectivity index (χ3n) is 1.76. The van der Waals surface area contributed by atoms with Crippen LogP contribution in [0.1, 0.15) is 19.4 Å². The van der Waals surface area contributed by atoms with Gasteiger partial charge in [0.1, 0.15) is 11.4 Å². The van der Waals surface area contributed by atoms with Gasteiger partial charge in [0.05, 0.1) is 7.11 Å². The topological polar surface area (TPSA) is 9.23 Å². The molecule has 0 aromatic heterocycles. The van der Waals surface area contributed by atoms with Crippen molar-refractivity contribution in [3.05, 3.63) is 29.8 Å². The molecule has 0 radical (unpaired) electrons. The minimum atomic E-state index is -1.30. The van der Waals surface area contributed by atoms with E-state index in [2.05, 4.69) is 0 Å². The average Bonchev–Trinajstić information content (AvgIpc) is 2.03. The Morgan fingerprint density at radius 2 is 2.00 bits per heavy atom. The van der Waals surface area contributed by atoms with Crippen LogP contribution in [-0.4, -0.2) is 7.11 Å². The predicted molar refractivity (Wildman–Crippen MR) is 47.1 cm³/mol. The standard InChI is InChI=1S/C10H13FO/c1-10(2,11)8-5-4-6-9(7-8)12-3/h4-7H,1-3H3. The summed E-state index contributed by atoms with van der Waals surface area (Å²) in [7, 11) is 1.57. The van der Waals surface area contributed by atoms with Crippen molar-refractivity contribution in [2.75, 3.05) is 7.11 Å². The van der Waals surface area contributed by atoms with Crippen LogP contribution in [0.4, 0.5) is 4.39 Å². The van der Waals surface area contributed by atoms with Crippen molar-refractivity contribution >= 4 is 0 Å². The molecule has 0 atom stereocenters. The van der Waals surface area contributed by atoms with Crippen LogP contribution in [0.5, 0.6) is 5.75 Å². The van der Waals surface area contributed by atoms with Crippen LogP contribution in [0, 0.1) is 0 Å². The summed E-state index contributed by atoms with van der Waals surface area (Å²) in [4.78, 5) is 0. The molecule has 0 saturated heterocycles. The van der Waals surface area contributed by atoms with Crippen LogP contribution >= 0.6 is 0 Å². The fourth-order valence-electron chi connectivity index (χ4n) is 0.993. The van der Waals surface area contributed by atoms with Gasteiger partial charge in [0.15, 0.2) is 0 Å². The van der Waals surface area contributed by atoms with Gasteiger partial charge in [0.2, 0.25) is 0 Å². The number of benzene rings is 1. The summed E-state index contributed by atoms with van der Waals surface area (Å²) >= 11 is 0. The van der Waals surface area contributed by atoms with Crippen LogP contribution in [-0.2, 0) is 5.67 Å². The lowest BCUT2D eigenvalue weighted by molar-refractivity contribution is 0.220. The molecule has 0 aliphatic carbocycles. The van der Waals surface area contributed by atoms with Gasteiger partial charge in [-0.3, -0.25) is 0 Å². The molecule has 0 unspecified atom stereocenters. The molecule has 12 heavy (non-hydrogen) atoms. The molecule has 1 aromatic carbocycles. The molecule has 0 aliphatic heterocycles. The summed E-state index contributed by atoms with van der Waals surface area (Å²) in [5, 5.41) is 0. The molecule has 0 saturated carbocycles. The highest BCUT2D eigenvalue weighted by Gasteiger charge is 2.18. The lowest BCUT2D eigenvalue weighted by Gasteiger charge is -2.14. The van der Waals surface area contributed by atoms with E-state index in [4.69, 9.17) is 4.74 Å². The number of methoxy groups -OCH3 is 1. The number of alkyl halides is 1. The third kappa shape index (κ3) is 1.97. The SMILES string of the molecule is COc1cccc(C(C)(C)F)c1. The summed E-state index contributed by atoms with van der Waals surface area (Å²) in [5.74, 6) is 0.693. The lowest BCUT2D eigenvalue weighted by atomic mass is 10.0. The smallest absolute Gasteiger partial charge is 0.130 e. The molecule has 0 N–H and O–H groups in total. The molecule has 0 fully saturated rings. The van der Waals surface area contributed by atoms with Crippen LogP contribution in [0.2, 0.25) is 0 Å². The van der Waals surface area contributed by atoms with Gasteiger partial charge in [-0.1, -0.05) is 12.1 Å². The highest BCUT2D eigenvalue weighted by atomic mass is 19.1. The molecule has 66 valence electrons. The minimum absolute atomic E-state index is 0.641. The van der Waals surface area contributed by atoms with Crippen molar-refractivity contribution in [2.24, 2.45) is 0 Å². The average molecular weight is 168 g/mol. The number of rotatable bonds is 2. The highest BCUT2D eigenvalue weighted by Crippen LogP contribution is 2.26. The normalized spacial score (nSPS) is 11.3. The zero-order chi connectivity index (χ0) is 9.19. The Hall–Kier alpha value is -1.05. The first-order valence-corrected chi connectivity index (χ1v) is 3.87. The molecule has 1 rings (SSSR count). The molecule has 0 bridgehead atoms. The lowest BCUT2D eigenvalue weighted by Crippen LogP contribution is -2.08. The van der Waals surface area contributed by atoms with Crippen LogP contribution < -0.4 is 4.74 Å². The van der Waals surface area contributed by atoms with Crippen molar-refractivity contribution in [1.29, 1.82) is 0 Å². The Morgan fingerprint density at radius 3 is 2.50 bits per heavy atom. The monoisotopic (exact) mass is 168 g/mol. The second kappa shape index (κ2) is 3.13. The zero-order valence-corrected chi connectivity index (χ0v) is 7.60. The quantitative estimate of drug-likeness (QED) is 0.659. The van der Waals surface area contributed by atoms with Crippen molar-refractivity contribution in [2.45, 2.75) is 19.5 Å². The van der Waals surface area contributed by atoms with E-state index < -0.39 is 5.67 Å². The summed E-state index contributed by atoms with van der Waals surface area (Å²) < 4.78 is 18.4. The maximum Gasteiger partial charge on any atom is 0.130 e. The highest BCUT2D eigenvalue weighted by molar-refractivity contribution is 5.31. The van der Waals surface area contributed by atoms with Gasteiger partial charge >= 0.3 is 0 Å². The number of hydrogen-bond donors (Lipinski definition) is 0. The fourth-order valence-corrected chi connectivity index (χ4v) is 0.993. The van der Waals surface area contributed by atoms with Gasteiger partial charge in [0.25, 0.3) is 0 Å². The Morgan fingerprint density at radius 1 is 1.33 bits per heavy atom. The van der Waals surface area contributed by atoms with Crippen LogP contribution in [0.3, 0.4) is 0 Å². The van der Waals surface area contributed by atoms with E-state index in [-0.39, 0.29) is 0 Å². The maximum atomic E-state index is 13.4. The third-order valence-corrected chi connectivity index (χ3v) is 1.76.